The first-order valence-electron chi connectivity index (χ1n) is 29.1. The summed E-state index contributed by atoms with van der Waals surface area (Å²) in [4.78, 5) is 25.4. The number of para-hydroxylation sites is 10. The van der Waals surface area contributed by atoms with Gasteiger partial charge in [-0.15, -0.1) is 0 Å². The van der Waals surface area contributed by atoms with E-state index in [0.717, 1.165) is 101 Å². The molecule has 1 aliphatic carbocycles. The Morgan fingerprint density at radius 3 is 1.00 bits per heavy atom. The van der Waals surface area contributed by atoms with Crippen molar-refractivity contribution in [1.82, 2.24) is 42.8 Å². The molecule has 85 heavy (non-hydrogen) atoms. The number of aromatic nitrogens is 9. The van der Waals surface area contributed by atoms with Crippen LogP contribution in [-0.4, -0.2) is 42.8 Å². The molecule has 0 saturated carbocycles. The maximum atomic E-state index is 5.75. The maximum absolute atomic E-state index is 5.75. The Balaban J connectivity index is 0.876. The molecule has 10 aromatic carbocycles. The van der Waals surface area contributed by atoms with Crippen molar-refractivity contribution in [2.24, 2.45) is 0 Å². The lowest BCUT2D eigenvalue weighted by Crippen LogP contribution is -2.39. The van der Waals surface area contributed by atoms with Crippen LogP contribution in [0.4, 0.5) is 5.69 Å². The standard InChI is InChI=1S/C75H48N10/c1-11-31-57-54(29-1)55-41-42-67-73(74(55)80(57)45-68-76-69(81-58-32-12-2-21-46(58)47-22-3-13-33-59(47)81)43-70(77-68)82-60-34-14-4-23-48(60)49-24-5-15-35-61(49)82)56-30-10-20-40-66(56)85(67)75-78-71(83-62-36-16-6-25-50(62)51-26-7-17-37-63(51)83)44-72(79-75)84-64-38-18-8-27-52(64)53-28-9-19-39-65(53)84/h1-40,42-44,55H,41,45H2. The van der Waals surface area contributed by atoms with E-state index in [1.165, 1.54) is 54.4 Å². The van der Waals surface area contributed by atoms with E-state index >= 15 is 0 Å². The summed E-state index contributed by atoms with van der Waals surface area (Å²) >= 11 is 0. The fourth-order valence-electron chi connectivity index (χ4n) is 14.7. The summed E-state index contributed by atoms with van der Waals surface area (Å²) in [7, 11) is 0. The molecule has 0 bridgehead atoms. The van der Waals surface area contributed by atoms with Crippen LogP contribution < -0.4 is 15.5 Å². The van der Waals surface area contributed by atoms with Crippen LogP contribution in [0.5, 0.6) is 0 Å². The summed E-state index contributed by atoms with van der Waals surface area (Å²) in [6.07, 6.45) is 3.20. The highest BCUT2D eigenvalue weighted by molar-refractivity contribution is 6.12. The quantitative estimate of drug-likeness (QED) is 0.159. The van der Waals surface area contributed by atoms with Crippen LogP contribution in [0.1, 0.15) is 23.7 Å². The van der Waals surface area contributed by atoms with Crippen LogP contribution in [0.25, 0.3) is 139 Å². The lowest BCUT2D eigenvalue weighted by Gasteiger charge is -2.25. The zero-order chi connectivity index (χ0) is 55.4. The van der Waals surface area contributed by atoms with Gasteiger partial charge in [-0.3, -0.25) is 22.8 Å². The minimum absolute atomic E-state index is 0.0679. The first-order valence-corrected chi connectivity index (χ1v) is 29.1. The van der Waals surface area contributed by atoms with Crippen molar-refractivity contribution in [3.8, 4) is 29.2 Å². The van der Waals surface area contributed by atoms with E-state index in [-0.39, 0.29) is 5.92 Å². The van der Waals surface area contributed by atoms with Gasteiger partial charge in [0.15, 0.2) is 5.82 Å². The summed E-state index contributed by atoms with van der Waals surface area (Å²) in [6.45, 7) is 0.411. The minimum atomic E-state index is 0.0679. The highest BCUT2D eigenvalue weighted by Crippen LogP contribution is 2.48. The van der Waals surface area contributed by atoms with Crippen LogP contribution >= 0.6 is 0 Å². The van der Waals surface area contributed by atoms with Gasteiger partial charge < -0.3 is 4.90 Å². The average molecular weight is 1090 g/mol. The van der Waals surface area contributed by atoms with Gasteiger partial charge in [0.25, 0.3) is 0 Å². The third-order valence-corrected chi connectivity index (χ3v) is 18.1. The van der Waals surface area contributed by atoms with Crippen molar-refractivity contribution in [3.05, 3.63) is 277 Å². The number of anilines is 1. The summed E-state index contributed by atoms with van der Waals surface area (Å²) in [5, 5.41) is 12.7. The molecule has 10 nitrogen and oxygen atoms in total. The van der Waals surface area contributed by atoms with Gasteiger partial charge in [-0.25, -0.2) is 9.97 Å². The Bertz CT molecular complexity index is 5370. The fourth-order valence-corrected chi connectivity index (χ4v) is 14.7. The number of rotatable bonds is 7. The number of benzene rings is 10. The van der Waals surface area contributed by atoms with E-state index < -0.39 is 0 Å². The lowest BCUT2D eigenvalue weighted by atomic mass is 9.91. The fraction of sp³-hybridized carbons (Fsp3) is 0.0400. The van der Waals surface area contributed by atoms with E-state index in [9.17, 15) is 0 Å². The molecule has 8 heterocycles. The van der Waals surface area contributed by atoms with Crippen molar-refractivity contribution in [2.75, 3.05) is 4.90 Å². The Labute approximate surface area is 485 Å². The molecule has 19 rings (SSSR count). The third kappa shape index (κ3) is 6.53. The lowest BCUT2D eigenvalue weighted by molar-refractivity contribution is 0.817. The molecule has 7 aromatic heterocycles. The Morgan fingerprint density at radius 1 is 0.318 bits per heavy atom. The summed E-state index contributed by atoms with van der Waals surface area (Å²) in [6, 6.07) is 91.4. The van der Waals surface area contributed by atoms with Gasteiger partial charge in [0.2, 0.25) is 5.95 Å². The highest BCUT2D eigenvalue weighted by Gasteiger charge is 2.38. The van der Waals surface area contributed by atoms with Crippen molar-refractivity contribution in [2.45, 2.75) is 18.9 Å². The molecular formula is C75H48N10. The summed E-state index contributed by atoms with van der Waals surface area (Å²) in [5.74, 6) is 4.53. The molecule has 1 aliphatic heterocycles. The van der Waals surface area contributed by atoms with E-state index in [2.05, 4.69) is 289 Å². The SMILES string of the molecule is C1=c2c(c3ccccc3n2-c2nc(-n3c4ccccc4c4ccccc43)cc(-n3c4ccccc4c4ccccc43)n2)=C2C(C1)c1ccccc1N2Cc1nc(-n2c3ccccc3c3ccccc32)cc(-n2c3ccccc3c3ccccc32)n1. The number of hydrogen-bond acceptors (Lipinski definition) is 5. The first-order chi connectivity index (χ1) is 42.2. The van der Waals surface area contributed by atoms with Crippen LogP contribution in [0.3, 0.4) is 0 Å². The van der Waals surface area contributed by atoms with Crippen LogP contribution in [0.2, 0.25) is 0 Å². The zero-order valence-electron chi connectivity index (χ0n) is 45.8. The smallest absolute Gasteiger partial charge is 0.238 e. The van der Waals surface area contributed by atoms with E-state index in [0.29, 0.717) is 18.3 Å². The van der Waals surface area contributed by atoms with Crippen molar-refractivity contribution >= 4 is 116 Å². The molecule has 10 heteroatoms. The van der Waals surface area contributed by atoms with Gasteiger partial charge in [0.05, 0.1) is 61.5 Å². The number of nitrogens with zero attached hydrogens (tertiary/aromatic N) is 10. The molecule has 0 spiro atoms. The molecule has 0 amide bonds. The van der Waals surface area contributed by atoms with Gasteiger partial charge in [-0.2, -0.15) is 9.97 Å². The maximum Gasteiger partial charge on any atom is 0.238 e. The average Bonchev–Trinajstić information content (AvgIpc) is 1.84. The van der Waals surface area contributed by atoms with Crippen molar-refractivity contribution in [3.63, 3.8) is 0 Å². The molecular weight excluding hydrogens is 1040 g/mol. The van der Waals surface area contributed by atoms with Crippen LogP contribution in [0.15, 0.2) is 255 Å². The number of fused-ring (bicyclic) bond motifs is 18. The molecule has 0 radical (unpaired) electrons. The van der Waals surface area contributed by atoms with Gasteiger partial charge in [0, 0.05) is 83.1 Å². The minimum Gasteiger partial charge on any atom is -0.336 e. The largest absolute Gasteiger partial charge is 0.336 e. The van der Waals surface area contributed by atoms with Crippen molar-refractivity contribution in [1.29, 1.82) is 0 Å². The second kappa shape index (κ2) is 17.6. The molecule has 2 aliphatic rings. The zero-order valence-corrected chi connectivity index (χ0v) is 45.8. The van der Waals surface area contributed by atoms with Crippen molar-refractivity contribution < 1.29 is 0 Å². The molecule has 1 unspecified atom stereocenters. The molecule has 0 saturated heterocycles. The van der Waals surface area contributed by atoms with E-state index in [1.54, 1.807) is 0 Å². The molecule has 1 atom stereocenters. The summed E-state index contributed by atoms with van der Waals surface area (Å²) < 4.78 is 11.6. The third-order valence-electron chi connectivity index (χ3n) is 18.1. The second-order valence-electron chi connectivity index (χ2n) is 22.5. The first kappa shape index (κ1) is 46.3. The molecule has 398 valence electrons. The van der Waals surface area contributed by atoms with Gasteiger partial charge in [-0.1, -0.05) is 188 Å². The van der Waals surface area contributed by atoms with Gasteiger partial charge in [0.1, 0.15) is 23.3 Å². The summed E-state index contributed by atoms with van der Waals surface area (Å²) in [5.41, 5.74) is 13.4. The van der Waals surface area contributed by atoms with E-state index in [4.69, 9.17) is 19.9 Å². The van der Waals surface area contributed by atoms with Gasteiger partial charge in [-0.05, 0) is 72.6 Å². The Kier molecular flexibility index (Phi) is 9.57. The van der Waals surface area contributed by atoms with Crippen LogP contribution in [0, 0.1) is 0 Å². The highest BCUT2D eigenvalue weighted by atomic mass is 15.3. The number of hydrogen-bond donors (Lipinski definition) is 0. The molecule has 0 fully saturated rings. The Morgan fingerprint density at radius 2 is 0.624 bits per heavy atom. The monoisotopic (exact) mass is 1090 g/mol. The van der Waals surface area contributed by atoms with Gasteiger partial charge >= 0.3 is 0 Å². The predicted octanol–water partition coefficient (Wildman–Crippen LogP) is 15.7. The van der Waals surface area contributed by atoms with E-state index in [1.807, 2.05) is 0 Å². The van der Waals surface area contributed by atoms with Crippen LogP contribution in [-0.2, 0) is 6.54 Å². The Hall–Kier alpha value is -11.4. The predicted molar refractivity (Wildman–Crippen MR) is 345 cm³/mol. The molecule has 0 N–H and O–H groups in total. The topological polar surface area (TPSA) is 79.5 Å². The second-order valence-corrected chi connectivity index (χ2v) is 22.5. The molecule has 17 aromatic rings. The normalized spacial score (nSPS) is 14.0.